The van der Waals surface area contributed by atoms with Crippen molar-refractivity contribution in [3.63, 3.8) is 0 Å². The molecular formula is C13H20N2O4. The van der Waals surface area contributed by atoms with Crippen molar-refractivity contribution in [3.8, 4) is 0 Å². The van der Waals surface area contributed by atoms with E-state index in [9.17, 15) is 14.4 Å². The Bertz CT molecular complexity index is 399. The fraction of sp³-hybridized carbons (Fsp3) is 0.769. The molecule has 1 heterocycles. The molecule has 2 aliphatic rings. The van der Waals surface area contributed by atoms with E-state index in [2.05, 4.69) is 12.2 Å². The van der Waals surface area contributed by atoms with E-state index in [4.69, 9.17) is 4.74 Å². The van der Waals surface area contributed by atoms with Gasteiger partial charge < -0.3 is 10.1 Å². The highest BCUT2D eigenvalue weighted by molar-refractivity contribution is 6.08. The van der Waals surface area contributed by atoms with Crippen molar-refractivity contribution in [2.24, 2.45) is 5.92 Å². The zero-order valence-corrected chi connectivity index (χ0v) is 11.4. The molecule has 0 unspecified atom stereocenters. The van der Waals surface area contributed by atoms with E-state index in [1.165, 1.54) is 0 Å². The maximum atomic E-state index is 12.4. The molecule has 19 heavy (non-hydrogen) atoms. The molecule has 1 spiro atoms. The SMILES string of the molecule is CCOC(=O)CN1C(=O)NC2(CCC(C)CC2)C1=O. The molecule has 2 rings (SSSR count). The molecule has 1 aliphatic heterocycles. The number of urea groups is 1. The van der Waals surface area contributed by atoms with E-state index in [0.717, 1.165) is 17.7 Å². The van der Waals surface area contributed by atoms with Gasteiger partial charge >= 0.3 is 12.0 Å². The van der Waals surface area contributed by atoms with Crippen LogP contribution >= 0.6 is 0 Å². The predicted octanol–water partition coefficient (Wildman–Crippen LogP) is 1.05. The quantitative estimate of drug-likeness (QED) is 0.613. The molecule has 1 N–H and O–H groups in total. The van der Waals surface area contributed by atoms with Crippen molar-refractivity contribution in [1.82, 2.24) is 10.2 Å². The van der Waals surface area contributed by atoms with Gasteiger partial charge in [-0.2, -0.15) is 0 Å². The molecule has 106 valence electrons. The van der Waals surface area contributed by atoms with Crippen LogP contribution in [0.15, 0.2) is 0 Å². The third-order valence-corrected chi connectivity index (χ3v) is 3.97. The maximum absolute atomic E-state index is 12.4. The number of hydrogen-bond acceptors (Lipinski definition) is 4. The van der Waals surface area contributed by atoms with Crippen molar-refractivity contribution in [1.29, 1.82) is 0 Å². The summed E-state index contributed by atoms with van der Waals surface area (Å²) in [6.07, 6.45) is 3.13. The first-order chi connectivity index (χ1) is 8.98. The Balaban J connectivity index is 2.06. The number of imide groups is 1. The van der Waals surface area contributed by atoms with Crippen LogP contribution in [-0.4, -0.2) is 41.5 Å². The number of carbonyl (C=O) groups is 3. The Kier molecular flexibility index (Phi) is 3.78. The Hall–Kier alpha value is -1.59. The molecule has 6 heteroatoms. The average molecular weight is 268 g/mol. The molecular weight excluding hydrogens is 248 g/mol. The normalized spacial score (nSPS) is 30.6. The molecule has 0 bridgehead atoms. The molecule has 0 radical (unpaired) electrons. The van der Waals surface area contributed by atoms with E-state index in [1.807, 2.05) is 0 Å². The molecule has 1 saturated heterocycles. The summed E-state index contributed by atoms with van der Waals surface area (Å²) in [6, 6.07) is -0.479. The van der Waals surface area contributed by atoms with Crippen LogP contribution in [0.2, 0.25) is 0 Å². The summed E-state index contributed by atoms with van der Waals surface area (Å²) < 4.78 is 4.78. The van der Waals surface area contributed by atoms with Crippen molar-refractivity contribution < 1.29 is 19.1 Å². The van der Waals surface area contributed by atoms with E-state index in [-0.39, 0.29) is 19.1 Å². The summed E-state index contributed by atoms with van der Waals surface area (Å²) in [6.45, 7) is 3.78. The Morgan fingerprint density at radius 2 is 2.05 bits per heavy atom. The lowest BCUT2D eigenvalue weighted by Crippen LogP contribution is -2.49. The topological polar surface area (TPSA) is 75.7 Å². The first-order valence-corrected chi connectivity index (χ1v) is 6.78. The predicted molar refractivity (Wildman–Crippen MR) is 67.2 cm³/mol. The van der Waals surface area contributed by atoms with E-state index < -0.39 is 17.5 Å². The highest BCUT2D eigenvalue weighted by atomic mass is 16.5. The smallest absolute Gasteiger partial charge is 0.326 e. The first-order valence-electron chi connectivity index (χ1n) is 6.78. The minimum atomic E-state index is -0.782. The van der Waals surface area contributed by atoms with Crippen LogP contribution in [-0.2, 0) is 14.3 Å². The fourth-order valence-electron chi connectivity index (χ4n) is 2.75. The van der Waals surface area contributed by atoms with Gasteiger partial charge in [0.1, 0.15) is 12.1 Å². The second kappa shape index (κ2) is 5.19. The summed E-state index contributed by atoms with van der Waals surface area (Å²) in [5.41, 5.74) is -0.782. The Morgan fingerprint density at radius 3 is 2.63 bits per heavy atom. The molecule has 1 saturated carbocycles. The number of carbonyl (C=O) groups excluding carboxylic acids is 3. The van der Waals surface area contributed by atoms with Gasteiger partial charge in [-0.25, -0.2) is 4.79 Å². The molecule has 1 aliphatic carbocycles. The average Bonchev–Trinajstić information content (AvgIpc) is 2.59. The van der Waals surface area contributed by atoms with Gasteiger partial charge in [0.25, 0.3) is 5.91 Å². The minimum absolute atomic E-state index is 0.241. The summed E-state index contributed by atoms with van der Waals surface area (Å²) in [5.74, 6) is -0.251. The fourth-order valence-corrected chi connectivity index (χ4v) is 2.75. The van der Waals surface area contributed by atoms with Crippen LogP contribution in [0, 0.1) is 5.92 Å². The summed E-state index contributed by atoms with van der Waals surface area (Å²) in [7, 11) is 0. The molecule has 0 atom stereocenters. The van der Waals surface area contributed by atoms with Crippen LogP contribution in [0.3, 0.4) is 0 Å². The highest BCUT2D eigenvalue weighted by Gasteiger charge is 2.52. The lowest BCUT2D eigenvalue weighted by atomic mass is 9.77. The molecule has 3 amide bonds. The number of amides is 3. The van der Waals surface area contributed by atoms with Crippen LogP contribution in [0.4, 0.5) is 4.79 Å². The summed E-state index contributed by atoms with van der Waals surface area (Å²) in [5, 5.41) is 2.77. The largest absolute Gasteiger partial charge is 0.465 e. The second-order valence-corrected chi connectivity index (χ2v) is 5.39. The summed E-state index contributed by atoms with van der Waals surface area (Å²) in [4.78, 5) is 36.6. The maximum Gasteiger partial charge on any atom is 0.326 e. The van der Waals surface area contributed by atoms with Gasteiger partial charge in [-0.15, -0.1) is 0 Å². The van der Waals surface area contributed by atoms with Gasteiger partial charge in [0, 0.05) is 0 Å². The number of ether oxygens (including phenoxy) is 1. The van der Waals surface area contributed by atoms with Crippen LogP contribution in [0.25, 0.3) is 0 Å². The molecule has 6 nitrogen and oxygen atoms in total. The summed E-state index contributed by atoms with van der Waals surface area (Å²) >= 11 is 0. The van der Waals surface area contributed by atoms with Crippen molar-refractivity contribution in [2.75, 3.05) is 13.2 Å². The lowest BCUT2D eigenvalue weighted by molar-refractivity contribution is -0.147. The first kappa shape index (κ1) is 13.8. The Morgan fingerprint density at radius 1 is 1.42 bits per heavy atom. The van der Waals surface area contributed by atoms with Crippen LogP contribution in [0.1, 0.15) is 39.5 Å². The lowest BCUT2D eigenvalue weighted by Gasteiger charge is -2.33. The van der Waals surface area contributed by atoms with Crippen molar-refractivity contribution in [2.45, 2.75) is 45.1 Å². The molecule has 0 aromatic rings. The monoisotopic (exact) mass is 268 g/mol. The zero-order chi connectivity index (χ0) is 14.0. The molecule has 0 aromatic carbocycles. The zero-order valence-electron chi connectivity index (χ0n) is 11.4. The number of esters is 1. The third kappa shape index (κ3) is 2.57. The standard InChI is InChI=1S/C13H20N2O4/c1-3-19-10(16)8-15-11(17)13(14-12(15)18)6-4-9(2)5-7-13/h9H,3-8H2,1-2H3,(H,14,18). The van der Waals surface area contributed by atoms with E-state index >= 15 is 0 Å². The number of rotatable bonds is 3. The molecule has 2 fully saturated rings. The second-order valence-electron chi connectivity index (χ2n) is 5.39. The van der Waals surface area contributed by atoms with Gasteiger partial charge in [-0.1, -0.05) is 6.92 Å². The van der Waals surface area contributed by atoms with E-state index in [1.54, 1.807) is 6.92 Å². The minimum Gasteiger partial charge on any atom is -0.465 e. The van der Waals surface area contributed by atoms with E-state index in [0.29, 0.717) is 18.8 Å². The highest BCUT2D eigenvalue weighted by Crippen LogP contribution is 2.36. The number of nitrogens with one attached hydrogen (secondary N) is 1. The molecule has 0 aromatic heterocycles. The van der Waals surface area contributed by atoms with Gasteiger partial charge in [-0.3, -0.25) is 14.5 Å². The van der Waals surface area contributed by atoms with Gasteiger partial charge in [0.15, 0.2) is 0 Å². The number of hydrogen-bond donors (Lipinski definition) is 1. The Labute approximate surface area is 112 Å². The van der Waals surface area contributed by atoms with Crippen molar-refractivity contribution in [3.05, 3.63) is 0 Å². The number of nitrogens with zero attached hydrogens (tertiary/aromatic N) is 1. The third-order valence-electron chi connectivity index (χ3n) is 3.97. The van der Waals surface area contributed by atoms with Crippen LogP contribution in [0.5, 0.6) is 0 Å². The van der Waals surface area contributed by atoms with Gasteiger partial charge in [0.2, 0.25) is 0 Å². The van der Waals surface area contributed by atoms with Gasteiger partial charge in [0.05, 0.1) is 6.61 Å². The van der Waals surface area contributed by atoms with Crippen molar-refractivity contribution >= 4 is 17.9 Å². The van der Waals surface area contributed by atoms with Gasteiger partial charge in [-0.05, 0) is 38.5 Å². The van der Waals surface area contributed by atoms with Crippen LogP contribution < -0.4 is 5.32 Å².